The second kappa shape index (κ2) is 4.25. The first-order valence-corrected chi connectivity index (χ1v) is 5.07. The van der Waals surface area contributed by atoms with Gasteiger partial charge in [0.2, 0.25) is 0 Å². The summed E-state index contributed by atoms with van der Waals surface area (Å²) in [6.45, 7) is 1.82. The molecule has 0 saturated heterocycles. The van der Waals surface area contributed by atoms with Crippen LogP contribution in [0.3, 0.4) is 0 Å². The van der Waals surface area contributed by atoms with Crippen LogP contribution in [0.4, 0.5) is 5.82 Å². The third kappa shape index (κ3) is 2.25. The summed E-state index contributed by atoms with van der Waals surface area (Å²) >= 11 is 0. The number of hydrogen-bond acceptors (Lipinski definition) is 3. The molecule has 0 atom stereocenters. The molecule has 0 aliphatic heterocycles. The Hall–Kier alpha value is -2.37. The normalized spacial score (nSPS) is 10.2. The number of hydrogen-bond donors (Lipinski definition) is 2. The number of aryl methyl sites for hydroxylation is 2. The molecule has 6 nitrogen and oxygen atoms in total. The maximum atomic E-state index is 11.8. The molecule has 0 saturated carbocycles. The van der Waals surface area contributed by atoms with Crippen LogP contribution in [-0.2, 0) is 7.05 Å². The summed E-state index contributed by atoms with van der Waals surface area (Å²) in [6.07, 6.45) is 2.86. The number of aromatic amines is 1. The number of carbonyl (C=O) groups excluding carboxylic acids is 1. The molecule has 0 aliphatic carbocycles. The van der Waals surface area contributed by atoms with Crippen LogP contribution >= 0.6 is 0 Å². The first-order chi connectivity index (χ1) is 8.08. The minimum Gasteiger partial charge on any atom is -0.367 e. The van der Waals surface area contributed by atoms with Crippen molar-refractivity contribution in [2.75, 3.05) is 5.32 Å². The van der Waals surface area contributed by atoms with Gasteiger partial charge < -0.3 is 10.3 Å². The zero-order valence-electron chi connectivity index (χ0n) is 9.52. The molecule has 6 heteroatoms. The lowest BCUT2D eigenvalue weighted by atomic mass is 10.2. The van der Waals surface area contributed by atoms with E-state index in [4.69, 9.17) is 0 Å². The quantitative estimate of drug-likeness (QED) is 0.798. The van der Waals surface area contributed by atoms with Gasteiger partial charge in [0, 0.05) is 31.6 Å². The molecule has 2 heterocycles. The highest BCUT2D eigenvalue weighted by Crippen LogP contribution is 2.08. The molecule has 2 rings (SSSR count). The molecular weight excluding hydrogens is 220 g/mol. The second-order valence-electron chi connectivity index (χ2n) is 3.67. The van der Waals surface area contributed by atoms with Crippen molar-refractivity contribution in [1.82, 2.24) is 14.8 Å². The molecule has 0 bridgehead atoms. The fourth-order valence-corrected chi connectivity index (χ4v) is 1.50. The van der Waals surface area contributed by atoms with Gasteiger partial charge in [-0.15, -0.1) is 0 Å². The largest absolute Gasteiger partial charge is 0.367 e. The van der Waals surface area contributed by atoms with Crippen molar-refractivity contribution in [1.29, 1.82) is 0 Å². The van der Waals surface area contributed by atoms with Crippen molar-refractivity contribution in [3.8, 4) is 0 Å². The third-order valence-corrected chi connectivity index (χ3v) is 2.31. The molecule has 2 aromatic rings. The Morgan fingerprint density at radius 1 is 1.53 bits per heavy atom. The number of pyridine rings is 1. The number of H-pyrrole nitrogens is 1. The zero-order chi connectivity index (χ0) is 12.4. The number of aromatic nitrogens is 3. The Bertz CT molecular complexity index is 612. The van der Waals surface area contributed by atoms with Crippen molar-refractivity contribution in [2.24, 2.45) is 7.05 Å². The second-order valence-corrected chi connectivity index (χ2v) is 3.67. The summed E-state index contributed by atoms with van der Waals surface area (Å²) < 4.78 is 1.55. The maximum absolute atomic E-state index is 11.8. The number of anilines is 1. The average Bonchev–Trinajstić information content (AvgIpc) is 2.58. The topological polar surface area (TPSA) is 79.8 Å². The van der Waals surface area contributed by atoms with Gasteiger partial charge in [-0.2, -0.15) is 5.10 Å². The molecular formula is C11H12N4O2. The standard InChI is InChI=1S/C11H12N4O2/c1-7-5-10(15(2)14-7)13-11(17)8-6-12-4-3-9(8)16/h3-6H,1-2H3,(H,12,16)(H,13,17). The van der Waals surface area contributed by atoms with E-state index >= 15 is 0 Å². The van der Waals surface area contributed by atoms with Gasteiger partial charge in [0.05, 0.1) is 5.69 Å². The summed E-state index contributed by atoms with van der Waals surface area (Å²) in [4.78, 5) is 26.0. The number of rotatable bonds is 2. The van der Waals surface area contributed by atoms with E-state index in [9.17, 15) is 9.59 Å². The van der Waals surface area contributed by atoms with Crippen LogP contribution < -0.4 is 10.7 Å². The van der Waals surface area contributed by atoms with Crippen molar-refractivity contribution < 1.29 is 4.79 Å². The van der Waals surface area contributed by atoms with Gasteiger partial charge in [-0.05, 0) is 6.92 Å². The highest BCUT2D eigenvalue weighted by Gasteiger charge is 2.11. The minimum absolute atomic E-state index is 0.0753. The van der Waals surface area contributed by atoms with E-state index in [2.05, 4.69) is 15.4 Å². The van der Waals surface area contributed by atoms with Crippen LogP contribution in [0.2, 0.25) is 0 Å². The Labute approximate surface area is 97.3 Å². The lowest BCUT2D eigenvalue weighted by molar-refractivity contribution is 0.102. The van der Waals surface area contributed by atoms with Gasteiger partial charge in [0.15, 0.2) is 5.43 Å². The van der Waals surface area contributed by atoms with Gasteiger partial charge in [-0.3, -0.25) is 14.3 Å². The summed E-state index contributed by atoms with van der Waals surface area (Å²) in [5.41, 5.74) is 0.552. The number of carbonyl (C=O) groups is 1. The monoisotopic (exact) mass is 232 g/mol. The number of amides is 1. The van der Waals surface area contributed by atoms with Gasteiger partial charge in [-0.1, -0.05) is 0 Å². The Morgan fingerprint density at radius 2 is 2.29 bits per heavy atom. The van der Waals surface area contributed by atoms with Crippen LogP contribution in [0.15, 0.2) is 29.3 Å². The van der Waals surface area contributed by atoms with E-state index in [-0.39, 0.29) is 11.0 Å². The molecule has 0 fully saturated rings. The van der Waals surface area contributed by atoms with Crippen molar-refractivity contribution in [3.05, 3.63) is 46.0 Å². The molecule has 0 aliphatic rings. The highest BCUT2D eigenvalue weighted by atomic mass is 16.2. The van der Waals surface area contributed by atoms with Crippen molar-refractivity contribution in [2.45, 2.75) is 6.92 Å². The van der Waals surface area contributed by atoms with Gasteiger partial charge in [0.25, 0.3) is 5.91 Å². The molecule has 0 aromatic carbocycles. The Balaban J connectivity index is 2.26. The Kier molecular flexibility index (Phi) is 2.78. The first-order valence-electron chi connectivity index (χ1n) is 5.07. The van der Waals surface area contributed by atoms with E-state index in [1.54, 1.807) is 17.8 Å². The lowest BCUT2D eigenvalue weighted by Gasteiger charge is -2.03. The molecule has 88 valence electrons. The maximum Gasteiger partial charge on any atom is 0.262 e. The van der Waals surface area contributed by atoms with E-state index in [1.165, 1.54) is 18.5 Å². The molecule has 2 N–H and O–H groups in total. The summed E-state index contributed by atoms with van der Waals surface area (Å²) in [5, 5.41) is 6.73. The van der Waals surface area contributed by atoms with Crippen molar-refractivity contribution >= 4 is 11.7 Å². The van der Waals surface area contributed by atoms with E-state index in [0.717, 1.165) is 5.69 Å². The molecule has 2 aromatic heterocycles. The summed E-state index contributed by atoms with van der Waals surface area (Å²) in [7, 11) is 1.72. The predicted octanol–water partition coefficient (Wildman–Crippen LogP) is 0.669. The lowest BCUT2D eigenvalue weighted by Crippen LogP contribution is -2.22. The third-order valence-electron chi connectivity index (χ3n) is 2.31. The number of nitrogens with zero attached hydrogens (tertiary/aromatic N) is 2. The van der Waals surface area contributed by atoms with Crippen LogP contribution in [0.5, 0.6) is 0 Å². The van der Waals surface area contributed by atoms with Crippen molar-refractivity contribution in [3.63, 3.8) is 0 Å². The molecule has 0 spiro atoms. The average molecular weight is 232 g/mol. The molecule has 0 radical (unpaired) electrons. The van der Waals surface area contributed by atoms with Crippen LogP contribution in [0.1, 0.15) is 16.1 Å². The first kappa shape index (κ1) is 11.1. The molecule has 1 amide bonds. The molecule has 17 heavy (non-hydrogen) atoms. The predicted molar refractivity (Wildman–Crippen MR) is 63.0 cm³/mol. The highest BCUT2D eigenvalue weighted by molar-refractivity contribution is 6.03. The van der Waals surface area contributed by atoms with Gasteiger partial charge in [-0.25, -0.2) is 0 Å². The fraction of sp³-hybridized carbons (Fsp3) is 0.182. The van der Waals surface area contributed by atoms with E-state index < -0.39 is 5.91 Å². The SMILES string of the molecule is Cc1cc(NC(=O)c2c[nH]ccc2=O)n(C)n1. The van der Waals surface area contributed by atoms with Crippen LogP contribution in [-0.4, -0.2) is 20.7 Å². The van der Waals surface area contributed by atoms with E-state index in [1.807, 2.05) is 6.92 Å². The zero-order valence-corrected chi connectivity index (χ0v) is 9.52. The van der Waals surface area contributed by atoms with E-state index in [0.29, 0.717) is 5.82 Å². The van der Waals surface area contributed by atoms with Gasteiger partial charge in [0.1, 0.15) is 11.4 Å². The molecule has 0 unspecified atom stereocenters. The minimum atomic E-state index is -0.449. The van der Waals surface area contributed by atoms with Crippen LogP contribution in [0.25, 0.3) is 0 Å². The van der Waals surface area contributed by atoms with Crippen LogP contribution in [0, 0.1) is 6.92 Å². The Morgan fingerprint density at radius 3 is 2.88 bits per heavy atom. The summed E-state index contributed by atoms with van der Waals surface area (Å²) in [5.74, 6) is 0.102. The summed E-state index contributed by atoms with van der Waals surface area (Å²) in [6, 6.07) is 3.04. The smallest absolute Gasteiger partial charge is 0.262 e. The number of nitrogens with one attached hydrogen (secondary N) is 2. The fourth-order valence-electron chi connectivity index (χ4n) is 1.50. The van der Waals surface area contributed by atoms with Gasteiger partial charge >= 0.3 is 0 Å².